The Hall–Kier alpha value is -1.50. The molecule has 0 saturated carbocycles. The number of hydrogen-bond donors (Lipinski definition) is 0. The lowest BCUT2D eigenvalue weighted by molar-refractivity contribution is -0.173. The van der Waals surface area contributed by atoms with Gasteiger partial charge in [0.2, 0.25) is 0 Å². The standard InChI is InChI=1S/C34H62O4/c1-5-9-11-13-15-17-19-20-21-23-25-27-29-31-38-33(36)34(7-3,8-4)32(35)37-30-28-26-24-22-18-16-14-12-10-6-2/h5-9,11,13-31H2,1-4H3. The van der Waals surface area contributed by atoms with Crippen molar-refractivity contribution in [2.24, 2.45) is 5.41 Å². The number of carbonyl (C=O) groups is 2. The van der Waals surface area contributed by atoms with Crippen LogP contribution in [0.25, 0.3) is 0 Å². The molecule has 0 aromatic rings. The van der Waals surface area contributed by atoms with Crippen molar-refractivity contribution in [3.63, 3.8) is 0 Å². The second-order valence-electron chi connectivity index (χ2n) is 10.9. The molecule has 0 aromatic carbocycles. The van der Waals surface area contributed by atoms with Gasteiger partial charge in [-0.3, -0.25) is 9.59 Å². The maximum Gasteiger partial charge on any atom is 0.323 e. The molecule has 0 aliphatic heterocycles. The van der Waals surface area contributed by atoms with Crippen molar-refractivity contribution in [1.29, 1.82) is 0 Å². The average Bonchev–Trinajstić information content (AvgIpc) is 2.92. The van der Waals surface area contributed by atoms with E-state index in [-0.39, 0.29) is 0 Å². The van der Waals surface area contributed by atoms with Gasteiger partial charge in [-0.05, 0) is 32.1 Å². The summed E-state index contributed by atoms with van der Waals surface area (Å²) in [7, 11) is 0. The average molecular weight is 535 g/mol. The Morgan fingerprint density at radius 1 is 0.500 bits per heavy atom. The Morgan fingerprint density at radius 3 is 1.24 bits per heavy atom. The molecule has 38 heavy (non-hydrogen) atoms. The Morgan fingerprint density at radius 2 is 0.868 bits per heavy atom. The van der Waals surface area contributed by atoms with Crippen LogP contribution in [0.15, 0.2) is 0 Å². The highest BCUT2D eigenvalue weighted by atomic mass is 16.6. The molecule has 0 aromatic heterocycles. The predicted octanol–water partition coefficient (Wildman–Crippen LogP) is 10.1. The zero-order valence-corrected chi connectivity index (χ0v) is 25.8. The van der Waals surface area contributed by atoms with Gasteiger partial charge in [-0.15, -0.1) is 11.8 Å². The van der Waals surface area contributed by atoms with E-state index < -0.39 is 17.4 Å². The zero-order chi connectivity index (χ0) is 28.2. The van der Waals surface area contributed by atoms with Crippen LogP contribution in [0, 0.1) is 17.3 Å². The highest BCUT2D eigenvalue weighted by Crippen LogP contribution is 2.30. The molecule has 0 bridgehead atoms. The van der Waals surface area contributed by atoms with E-state index in [9.17, 15) is 9.59 Å². The molecule has 0 unspecified atom stereocenters. The first-order valence-corrected chi connectivity index (χ1v) is 16.4. The van der Waals surface area contributed by atoms with Crippen LogP contribution in [0.2, 0.25) is 0 Å². The molecule has 222 valence electrons. The minimum atomic E-state index is -1.16. The van der Waals surface area contributed by atoms with E-state index >= 15 is 0 Å². The van der Waals surface area contributed by atoms with Crippen LogP contribution < -0.4 is 0 Å². The normalized spacial score (nSPS) is 11.2. The van der Waals surface area contributed by atoms with Crippen molar-refractivity contribution in [2.45, 2.75) is 175 Å². The van der Waals surface area contributed by atoms with Gasteiger partial charge >= 0.3 is 11.9 Å². The summed E-state index contributed by atoms with van der Waals surface area (Å²) in [5.41, 5.74) is -1.16. The van der Waals surface area contributed by atoms with Crippen LogP contribution in [0.5, 0.6) is 0 Å². The molecule has 0 heterocycles. The van der Waals surface area contributed by atoms with Crippen molar-refractivity contribution < 1.29 is 19.1 Å². The molecule has 0 aliphatic rings. The van der Waals surface area contributed by atoms with Gasteiger partial charge in [0.05, 0.1) is 13.2 Å². The lowest BCUT2D eigenvalue weighted by Crippen LogP contribution is -2.41. The highest BCUT2D eigenvalue weighted by molar-refractivity contribution is 5.99. The van der Waals surface area contributed by atoms with E-state index in [1.807, 2.05) is 13.8 Å². The first kappa shape index (κ1) is 36.5. The molecule has 0 amide bonds. The summed E-state index contributed by atoms with van der Waals surface area (Å²) in [6, 6.07) is 0. The molecule has 4 nitrogen and oxygen atoms in total. The minimum Gasteiger partial charge on any atom is -0.465 e. The van der Waals surface area contributed by atoms with Crippen LogP contribution in [-0.2, 0) is 19.1 Å². The third-order valence-electron chi connectivity index (χ3n) is 7.70. The van der Waals surface area contributed by atoms with E-state index in [1.54, 1.807) is 0 Å². The Labute approximate surface area is 236 Å². The molecular formula is C34H62O4. The monoisotopic (exact) mass is 534 g/mol. The lowest BCUT2D eigenvalue weighted by atomic mass is 9.82. The number of ether oxygens (including phenoxy) is 2. The third kappa shape index (κ3) is 18.7. The third-order valence-corrected chi connectivity index (χ3v) is 7.70. The number of esters is 2. The fourth-order valence-corrected chi connectivity index (χ4v) is 4.87. The molecular weight excluding hydrogens is 472 g/mol. The molecule has 0 aliphatic carbocycles. The van der Waals surface area contributed by atoms with E-state index in [4.69, 9.17) is 9.47 Å². The predicted molar refractivity (Wildman–Crippen MR) is 161 cm³/mol. The summed E-state index contributed by atoms with van der Waals surface area (Å²) >= 11 is 0. The molecule has 0 atom stereocenters. The molecule has 4 heteroatoms. The number of carbonyl (C=O) groups excluding carboxylic acids is 2. The van der Waals surface area contributed by atoms with Crippen LogP contribution in [-0.4, -0.2) is 25.2 Å². The summed E-state index contributed by atoms with van der Waals surface area (Å²) in [6.45, 7) is 8.88. The second-order valence-corrected chi connectivity index (χ2v) is 10.9. The quantitative estimate of drug-likeness (QED) is 0.0479. The highest BCUT2D eigenvalue weighted by Gasteiger charge is 2.45. The summed E-state index contributed by atoms with van der Waals surface area (Å²) in [5, 5.41) is 0. The SMILES string of the molecule is CCC#CCCCCCCCCOC(=O)C(CC)(CC)C(=O)OCCCCCCCCCCCCCCC. The van der Waals surface area contributed by atoms with Gasteiger partial charge < -0.3 is 9.47 Å². The van der Waals surface area contributed by atoms with Crippen LogP contribution in [0.1, 0.15) is 175 Å². The fraction of sp³-hybridized carbons (Fsp3) is 0.882. The van der Waals surface area contributed by atoms with Gasteiger partial charge in [-0.1, -0.05) is 130 Å². The zero-order valence-electron chi connectivity index (χ0n) is 25.8. The Bertz CT molecular complexity index is 612. The largest absolute Gasteiger partial charge is 0.465 e. The molecule has 0 saturated heterocycles. The Kier molecular flexibility index (Phi) is 26.0. The van der Waals surface area contributed by atoms with E-state index in [2.05, 4.69) is 25.7 Å². The van der Waals surface area contributed by atoms with Crippen molar-refractivity contribution in [3.8, 4) is 11.8 Å². The fourth-order valence-electron chi connectivity index (χ4n) is 4.87. The van der Waals surface area contributed by atoms with Crippen molar-refractivity contribution in [1.82, 2.24) is 0 Å². The van der Waals surface area contributed by atoms with Gasteiger partial charge in [0, 0.05) is 12.8 Å². The second kappa shape index (κ2) is 27.1. The molecule has 0 radical (unpaired) electrons. The van der Waals surface area contributed by atoms with Gasteiger partial charge in [0.1, 0.15) is 0 Å². The maximum absolute atomic E-state index is 12.9. The van der Waals surface area contributed by atoms with Crippen molar-refractivity contribution in [3.05, 3.63) is 0 Å². The van der Waals surface area contributed by atoms with Crippen LogP contribution in [0.4, 0.5) is 0 Å². The lowest BCUT2D eigenvalue weighted by Gasteiger charge is -2.27. The van der Waals surface area contributed by atoms with Crippen LogP contribution >= 0.6 is 0 Å². The van der Waals surface area contributed by atoms with Gasteiger partial charge in [-0.2, -0.15) is 0 Å². The maximum atomic E-state index is 12.9. The summed E-state index contributed by atoms with van der Waals surface area (Å²) < 4.78 is 11.1. The molecule has 0 spiro atoms. The number of hydrogen-bond acceptors (Lipinski definition) is 4. The Balaban J connectivity index is 3.91. The molecule has 0 N–H and O–H groups in total. The first-order chi connectivity index (χ1) is 18.6. The molecule has 0 fully saturated rings. The van der Waals surface area contributed by atoms with E-state index in [0.29, 0.717) is 26.1 Å². The first-order valence-electron chi connectivity index (χ1n) is 16.4. The number of rotatable bonds is 26. The summed E-state index contributed by atoms with van der Waals surface area (Å²) in [5.74, 6) is 5.48. The van der Waals surface area contributed by atoms with Gasteiger partial charge in [-0.25, -0.2) is 0 Å². The van der Waals surface area contributed by atoms with Gasteiger partial charge in [0.15, 0.2) is 5.41 Å². The molecule has 0 rings (SSSR count). The smallest absolute Gasteiger partial charge is 0.323 e. The van der Waals surface area contributed by atoms with Crippen molar-refractivity contribution >= 4 is 11.9 Å². The number of unbranched alkanes of at least 4 members (excludes halogenated alkanes) is 18. The minimum absolute atomic E-state index is 0.384. The van der Waals surface area contributed by atoms with Crippen molar-refractivity contribution in [2.75, 3.05) is 13.2 Å². The van der Waals surface area contributed by atoms with Crippen LogP contribution in [0.3, 0.4) is 0 Å². The summed E-state index contributed by atoms with van der Waals surface area (Å²) in [4.78, 5) is 25.7. The summed E-state index contributed by atoms with van der Waals surface area (Å²) in [6.07, 6.45) is 26.1. The van der Waals surface area contributed by atoms with E-state index in [0.717, 1.165) is 44.9 Å². The van der Waals surface area contributed by atoms with Gasteiger partial charge in [0.25, 0.3) is 0 Å². The van der Waals surface area contributed by atoms with E-state index in [1.165, 1.54) is 89.9 Å². The topological polar surface area (TPSA) is 52.6 Å².